The first-order chi connectivity index (χ1) is 13.8. The van der Waals surface area contributed by atoms with Gasteiger partial charge in [-0.3, -0.25) is 4.90 Å². The minimum Gasteiger partial charge on any atom is -0.322 e. The number of unbranched alkanes of at least 4 members (excludes halogenated alkanes) is 13. The molecule has 1 aliphatic heterocycles. The molecule has 0 aromatic heterocycles. The Balaban J connectivity index is 1.87. The Kier molecular flexibility index (Phi) is 16.5. The fourth-order valence-electron chi connectivity index (χ4n) is 5.19. The van der Waals surface area contributed by atoms with Crippen molar-refractivity contribution in [3.05, 3.63) is 0 Å². The summed E-state index contributed by atoms with van der Waals surface area (Å²) < 4.78 is 1.40. The second-order valence-electron chi connectivity index (χ2n) is 9.67. The lowest BCUT2D eigenvalue weighted by atomic mass is 10.0. The van der Waals surface area contributed by atoms with Gasteiger partial charge in [-0.1, -0.05) is 104 Å². The van der Waals surface area contributed by atoms with Gasteiger partial charge in [0, 0.05) is 13.1 Å². The van der Waals surface area contributed by atoms with E-state index in [0.717, 1.165) is 0 Å². The fourth-order valence-corrected chi connectivity index (χ4v) is 5.19. The standard InChI is InChI=1S/C26H55N2/c1-4-7-8-9-10-11-12-13-14-15-16-17-18-19-20-27-21-25-28(23-5-2,24-6-3)26-22-27/h4-26H2,1-3H3/q+1. The van der Waals surface area contributed by atoms with Crippen molar-refractivity contribution in [2.75, 3.05) is 45.8 Å². The molecule has 0 saturated carbocycles. The van der Waals surface area contributed by atoms with Crippen LogP contribution in [-0.2, 0) is 0 Å². The van der Waals surface area contributed by atoms with Crippen molar-refractivity contribution >= 4 is 0 Å². The molecular formula is C26H55N2+. The Labute approximate surface area is 179 Å². The molecule has 2 nitrogen and oxygen atoms in total. The van der Waals surface area contributed by atoms with Crippen molar-refractivity contribution in [2.24, 2.45) is 0 Å². The van der Waals surface area contributed by atoms with Crippen LogP contribution in [0.5, 0.6) is 0 Å². The van der Waals surface area contributed by atoms with Gasteiger partial charge in [-0.15, -0.1) is 0 Å². The molecule has 28 heavy (non-hydrogen) atoms. The molecule has 1 aliphatic rings. The highest BCUT2D eigenvalue weighted by atomic mass is 15.4. The molecule has 0 aliphatic carbocycles. The molecule has 0 amide bonds. The van der Waals surface area contributed by atoms with Crippen molar-refractivity contribution in [3.63, 3.8) is 0 Å². The SMILES string of the molecule is CCCCCCCCCCCCCCCCN1CC[N+](CCC)(CCC)CC1. The Hall–Kier alpha value is -0.0800. The first kappa shape index (κ1) is 26.0. The average Bonchev–Trinajstić information content (AvgIpc) is 2.70. The van der Waals surface area contributed by atoms with E-state index in [1.165, 1.54) is 153 Å². The number of piperazine rings is 1. The topological polar surface area (TPSA) is 3.24 Å². The van der Waals surface area contributed by atoms with Gasteiger partial charge in [-0.2, -0.15) is 0 Å². The normalized spacial score (nSPS) is 17.2. The van der Waals surface area contributed by atoms with Gasteiger partial charge >= 0.3 is 0 Å². The van der Waals surface area contributed by atoms with Gasteiger partial charge in [-0.25, -0.2) is 0 Å². The van der Waals surface area contributed by atoms with E-state index in [9.17, 15) is 0 Å². The Morgan fingerprint density at radius 1 is 0.500 bits per heavy atom. The van der Waals surface area contributed by atoms with Gasteiger partial charge in [0.2, 0.25) is 0 Å². The monoisotopic (exact) mass is 395 g/mol. The maximum Gasteiger partial charge on any atom is 0.0916 e. The molecule has 0 radical (unpaired) electrons. The van der Waals surface area contributed by atoms with Crippen LogP contribution in [0.3, 0.4) is 0 Å². The zero-order valence-electron chi connectivity index (χ0n) is 20.2. The molecule has 1 rings (SSSR count). The summed E-state index contributed by atoms with van der Waals surface area (Å²) in [6.45, 7) is 16.7. The summed E-state index contributed by atoms with van der Waals surface area (Å²) in [6.07, 6.45) is 23.2. The molecule has 0 N–H and O–H groups in total. The van der Waals surface area contributed by atoms with Crippen LogP contribution in [0.2, 0.25) is 0 Å². The number of hydrogen-bond donors (Lipinski definition) is 0. The minimum absolute atomic E-state index is 1.35. The Bertz CT molecular complexity index is 312. The molecule has 1 saturated heterocycles. The molecule has 168 valence electrons. The second-order valence-corrected chi connectivity index (χ2v) is 9.67. The summed E-state index contributed by atoms with van der Waals surface area (Å²) in [5.74, 6) is 0. The van der Waals surface area contributed by atoms with Gasteiger partial charge in [0.25, 0.3) is 0 Å². The molecule has 0 aromatic carbocycles. The van der Waals surface area contributed by atoms with Crippen molar-refractivity contribution < 1.29 is 4.48 Å². The fraction of sp³-hybridized carbons (Fsp3) is 1.00. The summed E-state index contributed by atoms with van der Waals surface area (Å²) in [4.78, 5) is 2.75. The quantitative estimate of drug-likeness (QED) is 0.162. The zero-order chi connectivity index (χ0) is 20.3. The highest BCUT2D eigenvalue weighted by Gasteiger charge is 2.30. The van der Waals surface area contributed by atoms with Gasteiger partial charge < -0.3 is 4.48 Å². The van der Waals surface area contributed by atoms with Crippen LogP contribution in [-0.4, -0.2) is 55.2 Å². The van der Waals surface area contributed by atoms with Crippen LogP contribution in [0.1, 0.15) is 124 Å². The van der Waals surface area contributed by atoms with Gasteiger partial charge in [0.1, 0.15) is 0 Å². The summed E-state index contributed by atoms with van der Waals surface area (Å²) in [7, 11) is 0. The van der Waals surface area contributed by atoms with E-state index in [2.05, 4.69) is 25.7 Å². The summed E-state index contributed by atoms with van der Waals surface area (Å²) >= 11 is 0. The van der Waals surface area contributed by atoms with Crippen LogP contribution in [0.4, 0.5) is 0 Å². The van der Waals surface area contributed by atoms with Crippen molar-refractivity contribution in [1.29, 1.82) is 0 Å². The highest BCUT2D eigenvalue weighted by molar-refractivity contribution is 4.65. The predicted molar refractivity (Wildman–Crippen MR) is 127 cm³/mol. The van der Waals surface area contributed by atoms with E-state index < -0.39 is 0 Å². The maximum atomic E-state index is 2.75. The Morgan fingerprint density at radius 2 is 0.893 bits per heavy atom. The van der Waals surface area contributed by atoms with E-state index in [0.29, 0.717) is 0 Å². The van der Waals surface area contributed by atoms with Crippen molar-refractivity contribution in [1.82, 2.24) is 4.90 Å². The number of nitrogens with zero attached hydrogens (tertiary/aromatic N) is 2. The van der Waals surface area contributed by atoms with Crippen LogP contribution < -0.4 is 0 Å². The minimum atomic E-state index is 1.35. The van der Waals surface area contributed by atoms with E-state index in [4.69, 9.17) is 0 Å². The van der Waals surface area contributed by atoms with E-state index in [1.807, 2.05) is 0 Å². The van der Waals surface area contributed by atoms with Crippen molar-refractivity contribution in [3.8, 4) is 0 Å². The van der Waals surface area contributed by atoms with Crippen LogP contribution >= 0.6 is 0 Å². The summed E-state index contributed by atoms with van der Waals surface area (Å²) in [5, 5.41) is 0. The third-order valence-electron chi connectivity index (χ3n) is 7.00. The predicted octanol–water partition coefficient (Wildman–Crippen LogP) is 7.42. The van der Waals surface area contributed by atoms with Crippen LogP contribution in [0.15, 0.2) is 0 Å². The number of rotatable bonds is 19. The smallest absolute Gasteiger partial charge is 0.0916 e. The number of hydrogen-bond acceptors (Lipinski definition) is 1. The van der Waals surface area contributed by atoms with Crippen LogP contribution in [0, 0.1) is 0 Å². The molecule has 0 spiro atoms. The van der Waals surface area contributed by atoms with Gasteiger partial charge in [0.05, 0.1) is 26.2 Å². The molecule has 1 heterocycles. The van der Waals surface area contributed by atoms with Crippen LogP contribution in [0.25, 0.3) is 0 Å². The third kappa shape index (κ3) is 12.5. The molecule has 2 heteroatoms. The lowest BCUT2D eigenvalue weighted by Gasteiger charge is -2.45. The lowest BCUT2D eigenvalue weighted by molar-refractivity contribution is -0.932. The molecular weight excluding hydrogens is 340 g/mol. The second kappa shape index (κ2) is 17.8. The third-order valence-corrected chi connectivity index (χ3v) is 7.00. The van der Waals surface area contributed by atoms with E-state index in [-0.39, 0.29) is 0 Å². The number of quaternary nitrogens is 1. The molecule has 0 aromatic rings. The van der Waals surface area contributed by atoms with E-state index in [1.54, 1.807) is 0 Å². The molecule has 0 unspecified atom stereocenters. The zero-order valence-corrected chi connectivity index (χ0v) is 20.2. The highest BCUT2D eigenvalue weighted by Crippen LogP contribution is 2.17. The maximum absolute atomic E-state index is 2.75. The van der Waals surface area contributed by atoms with E-state index >= 15 is 0 Å². The largest absolute Gasteiger partial charge is 0.322 e. The first-order valence-electron chi connectivity index (χ1n) is 13.3. The van der Waals surface area contributed by atoms with Gasteiger partial charge in [0.15, 0.2) is 0 Å². The van der Waals surface area contributed by atoms with Gasteiger partial charge in [-0.05, 0) is 25.8 Å². The first-order valence-corrected chi connectivity index (χ1v) is 13.3. The lowest BCUT2D eigenvalue weighted by Crippen LogP contribution is -2.60. The summed E-state index contributed by atoms with van der Waals surface area (Å²) in [6, 6.07) is 0. The molecule has 0 bridgehead atoms. The average molecular weight is 396 g/mol. The molecule has 0 atom stereocenters. The summed E-state index contributed by atoms with van der Waals surface area (Å²) in [5.41, 5.74) is 0. The Morgan fingerprint density at radius 3 is 1.29 bits per heavy atom. The molecule has 1 fully saturated rings. The van der Waals surface area contributed by atoms with Crippen molar-refractivity contribution in [2.45, 2.75) is 124 Å².